The van der Waals surface area contributed by atoms with Crippen molar-refractivity contribution < 1.29 is 14.3 Å². The van der Waals surface area contributed by atoms with E-state index in [0.717, 1.165) is 31.7 Å². The minimum Gasteiger partial charge on any atom is -0.465 e. The summed E-state index contributed by atoms with van der Waals surface area (Å²) in [7, 11) is 1.29. The monoisotopic (exact) mass is 389 g/mol. The molecule has 27 heavy (non-hydrogen) atoms. The zero-order valence-electron chi connectivity index (χ0n) is 15.8. The molecule has 1 heterocycles. The number of rotatable bonds is 8. The molecule has 0 aliphatic heterocycles. The van der Waals surface area contributed by atoms with Crippen LogP contribution >= 0.6 is 11.6 Å². The number of benzene rings is 1. The number of methoxy groups -OCH3 is 1. The third-order valence-corrected chi connectivity index (χ3v) is 4.29. The largest absolute Gasteiger partial charge is 0.465 e. The molecule has 0 aliphatic carbocycles. The van der Waals surface area contributed by atoms with E-state index in [1.54, 1.807) is 12.3 Å². The molecular formula is C20H24ClN3O3. The van der Waals surface area contributed by atoms with E-state index in [1.807, 2.05) is 6.07 Å². The number of anilines is 2. The molecule has 2 aromatic rings. The molecule has 0 spiro atoms. The van der Waals surface area contributed by atoms with E-state index in [9.17, 15) is 9.59 Å². The molecule has 2 rings (SSSR count). The number of carbonyl (C=O) groups excluding carboxylic acids is 2. The highest BCUT2D eigenvalue weighted by atomic mass is 35.5. The van der Waals surface area contributed by atoms with E-state index in [-0.39, 0.29) is 5.91 Å². The first-order valence-corrected chi connectivity index (χ1v) is 9.28. The summed E-state index contributed by atoms with van der Waals surface area (Å²) in [6, 6.07) is 8.13. The number of carbonyl (C=O) groups is 2. The van der Waals surface area contributed by atoms with Crippen molar-refractivity contribution in [1.29, 1.82) is 0 Å². The zero-order valence-corrected chi connectivity index (χ0v) is 16.5. The Labute approximate surface area is 164 Å². The zero-order chi connectivity index (χ0) is 19.8. The van der Waals surface area contributed by atoms with Crippen molar-refractivity contribution in [2.24, 2.45) is 0 Å². The quantitative estimate of drug-likeness (QED) is 0.677. The summed E-state index contributed by atoms with van der Waals surface area (Å²) in [6.45, 7) is 6.08. The van der Waals surface area contributed by atoms with Gasteiger partial charge in [-0.2, -0.15) is 0 Å². The van der Waals surface area contributed by atoms with E-state index in [1.165, 1.54) is 25.3 Å². The van der Waals surface area contributed by atoms with E-state index in [2.05, 4.69) is 33.8 Å². The normalized spacial score (nSPS) is 10.4. The first-order chi connectivity index (χ1) is 13.0. The molecule has 1 aromatic carbocycles. The van der Waals surface area contributed by atoms with Gasteiger partial charge in [0.25, 0.3) is 5.91 Å². The Hall–Kier alpha value is -2.60. The summed E-state index contributed by atoms with van der Waals surface area (Å²) in [5.41, 5.74) is 1.05. The molecule has 144 valence electrons. The van der Waals surface area contributed by atoms with Crippen molar-refractivity contribution in [3.8, 4) is 0 Å². The molecule has 0 radical (unpaired) electrons. The highest BCUT2D eigenvalue weighted by molar-refractivity contribution is 6.34. The molecule has 7 heteroatoms. The maximum Gasteiger partial charge on any atom is 0.337 e. The van der Waals surface area contributed by atoms with Crippen LogP contribution in [0.5, 0.6) is 0 Å². The van der Waals surface area contributed by atoms with Gasteiger partial charge < -0.3 is 15.0 Å². The fourth-order valence-corrected chi connectivity index (χ4v) is 2.81. The Morgan fingerprint density at radius 2 is 1.78 bits per heavy atom. The van der Waals surface area contributed by atoms with Gasteiger partial charge in [0.2, 0.25) is 0 Å². The summed E-state index contributed by atoms with van der Waals surface area (Å²) in [5.74, 6) is -0.00315. The maximum atomic E-state index is 12.5. The highest BCUT2D eigenvalue weighted by Gasteiger charge is 2.14. The number of aromatic nitrogens is 1. The molecule has 1 amide bonds. The first kappa shape index (κ1) is 20.7. The second-order valence-electron chi connectivity index (χ2n) is 6.03. The first-order valence-electron chi connectivity index (χ1n) is 8.90. The summed E-state index contributed by atoms with van der Waals surface area (Å²) < 4.78 is 4.69. The van der Waals surface area contributed by atoms with Gasteiger partial charge in [-0.3, -0.25) is 4.79 Å². The summed E-state index contributed by atoms with van der Waals surface area (Å²) in [6.07, 6.45) is 3.60. The van der Waals surface area contributed by atoms with Crippen LogP contribution in [0.4, 0.5) is 11.5 Å². The number of halogens is 1. The fraction of sp³-hybridized carbons (Fsp3) is 0.350. The molecule has 0 atom stereocenters. The smallest absolute Gasteiger partial charge is 0.337 e. The summed E-state index contributed by atoms with van der Waals surface area (Å²) in [4.78, 5) is 30.8. The minimum absolute atomic E-state index is 0.306. The Kier molecular flexibility index (Phi) is 7.61. The van der Waals surface area contributed by atoms with Crippen LogP contribution in [0, 0.1) is 0 Å². The van der Waals surface area contributed by atoms with Crippen LogP contribution in [-0.4, -0.2) is 37.1 Å². The Morgan fingerprint density at radius 3 is 2.33 bits per heavy atom. The van der Waals surface area contributed by atoms with Crippen molar-refractivity contribution in [3.05, 3.63) is 52.7 Å². The lowest BCUT2D eigenvalue weighted by atomic mass is 10.2. The molecule has 0 saturated heterocycles. The number of ether oxygens (including phenoxy) is 1. The lowest BCUT2D eigenvalue weighted by molar-refractivity contribution is 0.0600. The van der Waals surface area contributed by atoms with Crippen molar-refractivity contribution in [3.63, 3.8) is 0 Å². The predicted octanol–water partition coefficient (Wildman–Crippen LogP) is 4.40. The Balaban J connectivity index is 2.15. The number of pyridine rings is 1. The molecule has 0 saturated carbocycles. The summed E-state index contributed by atoms with van der Waals surface area (Å²) in [5, 5.41) is 3.04. The Morgan fingerprint density at radius 1 is 1.11 bits per heavy atom. The van der Waals surface area contributed by atoms with Gasteiger partial charge in [0.1, 0.15) is 5.82 Å². The van der Waals surface area contributed by atoms with E-state index < -0.39 is 5.97 Å². The van der Waals surface area contributed by atoms with Gasteiger partial charge in [-0.1, -0.05) is 25.4 Å². The fourth-order valence-electron chi connectivity index (χ4n) is 2.65. The maximum absolute atomic E-state index is 12.5. The van der Waals surface area contributed by atoms with Crippen LogP contribution in [-0.2, 0) is 4.74 Å². The third-order valence-electron chi connectivity index (χ3n) is 3.96. The van der Waals surface area contributed by atoms with E-state index >= 15 is 0 Å². The number of hydrogen-bond donors (Lipinski definition) is 1. The second kappa shape index (κ2) is 9.92. The number of nitrogens with one attached hydrogen (secondary N) is 1. The van der Waals surface area contributed by atoms with Gasteiger partial charge >= 0.3 is 5.97 Å². The SMILES string of the molecule is CCCN(CCC)c1ccc(C(=O)Nc2cc(C(=O)OC)ccc2Cl)cn1. The van der Waals surface area contributed by atoms with Crippen molar-refractivity contribution >= 4 is 35.0 Å². The molecular weight excluding hydrogens is 366 g/mol. The lowest BCUT2D eigenvalue weighted by Gasteiger charge is -2.22. The lowest BCUT2D eigenvalue weighted by Crippen LogP contribution is -2.26. The molecule has 0 aliphatic rings. The minimum atomic E-state index is -0.500. The van der Waals surface area contributed by atoms with Gasteiger partial charge in [0.15, 0.2) is 0 Å². The molecule has 0 bridgehead atoms. The number of esters is 1. The average Bonchev–Trinajstić information content (AvgIpc) is 2.69. The number of nitrogens with zero attached hydrogens (tertiary/aromatic N) is 2. The molecule has 6 nitrogen and oxygen atoms in total. The van der Waals surface area contributed by atoms with Crippen molar-refractivity contribution in [1.82, 2.24) is 4.98 Å². The van der Waals surface area contributed by atoms with Crippen LogP contribution in [0.25, 0.3) is 0 Å². The predicted molar refractivity (Wildman–Crippen MR) is 108 cm³/mol. The van der Waals surface area contributed by atoms with Crippen molar-refractivity contribution in [2.45, 2.75) is 26.7 Å². The topological polar surface area (TPSA) is 71.5 Å². The molecule has 0 unspecified atom stereocenters. The Bertz CT molecular complexity index is 788. The van der Waals surface area contributed by atoms with Crippen molar-refractivity contribution in [2.75, 3.05) is 30.4 Å². The van der Waals surface area contributed by atoms with Crippen LogP contribution in [0.3, 0.4) is 0 Å². The van der Waals surface area contributed by atoms with Crippen LogP contribution < -0.4 is 10.2 Å². The summed E-state index contributed by atoms with van der Waals surface area (Å²) >= 11 is 6.12. The highest BCUT2D eigenvalue weighted by Crippen LogP contribution is 2.24. The van der Waals surface area contributed by atoms with Gasteiger partial charge in [-0.05, 0) is 43.2 Å². The van der Waals surface area contributed by atoms with E-state index in [0.29, 0.717) is 21.8 Å². The second-order valence-corrected chi connectivity index (χ2v) is 6.44. The van der Waals surface area contributed by atoms with Crippen LogP contribution in [0.1, 0.15) is 47.4 Å². The molecule has 0 fully saturated rings. The van der Waals surface area contributed by atoms with Crippen LogP contribution in [0.15, 0.2) is 36.5 Å². The molecule has 1 N–H and O–H groups in total. The van der Waals surface area contributed by atoms with Gasteiger partial charge in [0.05, 0.1) is 28.9 Å². The van der Waals surface area contributed by atoms with Gasteiger partial charge in [-0.15, -0.1) is 0 Å². The average molecular weight is 390 g/mol. The number of amides is 1. The van der Waals surface area contributed by atoms with Gasteiger partial charge in [0, 0.05) is 19.3 Å². The molecule has 1 aromatic heterocycles. The van der Waals surface area contributed by atoms with Gasteiger partial charge in [-0.25, -0.2) is 9.78 Å². The van der Waals surface area contributed by atoms with Crippen LogP contribution in [0.2, 0.25) is 5.02 Å². The van der Waals surface area contributed by atoms with E-state index in [4.69, 9.17) is 11.6 Å². The standard InChI is InChI=1S/C20H24ClN3O3/c1-4-10-24(11-5-2)18-9-7-15(13-22-18)19(25)23-17-12-14(20(26)27-3)6-8-16(17)21/h6-9,12-13H,4-5,10-11H2,1-3H3,(H,23,25). The number of hydrogen-bond acceptors (Lipinski definition) is 5. The third kappa shape index (κ3) is 5.44.